The zero-order valence-electron chi connectivity index (χ0n) is 13.1. The van der Waals surface area contributed by atoms with Crippen LogP contribution in [0.1, 0.15) is 38.2 Å². The fourth-order valence-electron chi connectivity index (χ4n) is 2.10. The second-order valence-electron chi connectivity index (χ2n) is 5.71. The molecule has 0 unspecified atom stereocenters. The molecule has 0 atom stereocenters. The fraction of sp³-hybridized carbons (Fsp3) is 0.353. The van der Waals surface area contributed by atoms with E-state index in [-0.39, 0.29) is 23.4 Å². The van der Waals surface area contributed by atoms with E-state index in [1.807, 2.05) is 27.7 Å². The Labute approximate surface area is 129 Å². The zero-order valence-corrected chi connectivity index (χ0v) is 13.1. The Morgan fingerprint density at radius 1 is 1.14 bits per heavy atom. The predicted molar refractivity (Wildman–Crippen MR) is 82.4 cm³/mol. The molecule has 1 heterocycles. The van der Waals surface area contributed by atoms with Gasteiger partial charge in [-0.3, -0.25) is 4.79 Å². The highest BCUT2D eigenvalue weighted by Crippen LogP contribution is 2.25. The molecule has 0 aliphatic heterocycles. The largest absolute Gasteiger partial charge is 0.457 e. The lowest BCUT2D eigenvalue weighted by molar-refractivity contribution is -0.113. The van der Waals surface area contributed by atoms with Crippen LogP contribution in [0.4, 0.5) is 0 Å². The Balaban J connectivity index is 2.26. The lowest BCUT2D eigenvalue weighted by Gasteiger charge is -2.19. The van der Waals surface area contributed by atoms with Crippen LogP contribution in [0.5, 0.6) is 0 Å². The van der Waals surface area contributed by atoms with Crippen molar-refractivity contribution >= 4 is 17.5 Å². The number of hydrogen-bond acceptors (Lipinski definition) is 5. The Kier molecular flexibility index (Phi) is 4.75. The average molecular weight is 301 g/mol. The summed E-state index contributed by atoms with van der Waals surface area (Å²) in [6, 6.07) is 3.09. The molecule has 0 aromatic carbocycles. The van der Waals surface area contributed by atoms with E-state index in [2.05, 4.69) is 5.16 Å². The predicted octanol–water partition coefficient (Wildman–Crippen LogP) is 3.54. The van der Waals surface area contributed by atoms with Crippen LogP contribution in [-0.2, 0) is 9.63 Å². The first-order chi connectivity index (χ1) is 10.4. The SMILES string of the molecule is CC(C)C1=CC(=NOC(=O)c2ccco2)C=C(C(C)C)C1=O. The van der Waals surface area contributed by atoms with Crippen molar-refractivity contribution in [1.82, 2.24) is 0 Å². The first-order valence-corrected chi connectivity index (χ1v) is 7.21. The van der Waals surface area contributed by atoms with Gasteiger partial charge in [0.2, 0.25) is 5.76 Å². The highest BCUT2D eigenvalue weighted by atomic mass is 16.7. The summed E-state index contributed by atoms with van der Waals surface area (Å²) in [6.07, 6.45) is 4.71. The molecule has 0 spiro atoms. The highest BCUT2D eigenvalue weighted by molar-refractivity contribution is 6.22. The zero-order chi connectivity index (χ0) is 16.3. The molecule has 5 nitrogen and oxygen atoms in total. The quantitative estimate of drug-likeness (QED) is 0.484. The minimum Gasteiger partial charge on any atom is -0.457 e. The van der Waals surface area contributed by atoms with Crippen LogP contribution in [0, 0.1) is 11.8 Å². The number of furan rings is 1. The van der Waals surface area contributed by atoms with Gasteiger partial charge in [-0.15, -0.1) is 0 Å². The summed E-state index contributed by atoms with van der Waals surface area (Å²) >= 11 is 0. The number of hydrogen-bond donors (Lipinski definition) is 0. The molecule has 1 aliphatic carbocycles. The van der Waals surface area contributed by atoms with Crippen molar-refractivity contribution in [2.75, 3.05) is 0 Å². The normalized spacial score (nSPS) is 15.0. The fourth-order valence-corrected chi connectivity index (χ4v) is 2.10. The number of Topliss-reactive ketones (excluding diaryl/α,β-unsaturated/α-hetero) is 1. The number of carbonyl (C=O) groups excluding carboxylic acids is 2. The molecular formula is C17H19NO4. The van der Waals surface area contributed by atoms with Crippen LogP contribution in [0.2, 0.25) is 0 Å². The molecule has 1 aliphatic rings. The maximum Gasteiger partial charge on any atom is 0.400 e. The Hall–Kier alpha value is -2.43. The van der Waals surface area contributed by atoms with E-state index in [1.54, 1.807) is 18.2 Å². The molecule has 0 fully saturated rings. The molecule has 0 radical (unpaired) electrons. The maximum atomic E-state index is 12.4. The van der Waals surface area contributed by atoms with Crippen molar-refractivity contribution in [1.29, 1.82) is 0 Å². The Morgan fingerprint density at radius 2 is 1.73 bits per heavy atom. The van der Waals surface area contributed by atoms with Crippen molar-refractivity contribution < 1.29 is 18.8 Å². The van der Waals surface area contributed by atoms with Gasteiger partial charge in [-0.05, 0) is 36.1 Å². The van der Waals surface area contributed by atoms with Gasteiger partial charge in [0.1, 0.15) is 5.71 Å². The van der Waals surface area contributed by atoms with Crippen molar-refractivity contribution in [2.24, 2.45) is 17.0 Å². The molecule has 0 saturated carbocycles. The summed E-state index contributed by atoms with van der Waals surface area (Å²) in [5.74, 6) is -0.422. The third kappa shape index (κ3) is 3.42. The minimum atomic E-state index is -0.673. The van der Waals surface area contributed by atoms with Gasteiger partial charge in [0.15, 0.2) is 5.78 Å². The standard InChI is InChI=1S/C17H19NO4/c1-10(2)13-8-12(9-14(11(3)4)16(13)19)18-22-17(20)15-6-5-7-21-15/h5-11H,1-4H3. The summed E-state index contributed by atoms with van der Waals surface area (Å²) < 4.78 is 4.94. The number of rotatable bonds is 4. The molecule has 0 bridgehead atoms. The van der Waals surface area contributed by atoms with E-state index < -0.39 is 5.97 Å². The molecule has 1 aromatic rings. The van der Waals surface area contributed by atoms with Crippen molar-refractivity contribution in [3.8, 4) is 0 Å². The summed E-state index contributed by atoms with van der Waals surface area (Å²) in [5.41, 5.74) is 1.78. The van der Waals surface area contributed by atoms with Crippen LogP contribution >= 0.6 is 0 Å². The van der Waals surface area contributed by atoms with Gasteiger partial charge in [0.05, 0.1) is 6.26 Å². The van der Waals surface area contributed by atoms with E-state index in [4.69, 9.17) is 9.25 Å². The van der Waals surface area contributed by atoms with Gasteiger partial charge < -0.3 is 9.25 Å². The van der Waals surface area contributed by atoms with Crippen LogP contribution in [-0.4, -0.2) is 17.5 Å². The third-order valence-electron chi connectivity index (χ3n) is 3.33. The second-order valence-corrected chi connectivity index (χ2v) is 5.71. The lowest BCUT2D eigenvalue weighted by atomic mass is 9.84. The molecule has 116 valence electrons. The van der Waals surface area contributed by atoms with Gasteiger partial charge in [-0.2, -0.15) is 0 Å². The molecule has 5 heteroatoms. The van der Waals surface area contributed by atoms with E-state index in [0.29, 0.717) is 16.9 Å². The van der Waals surface area contributed by atoms with Crippen molar-refractivity contribution in [2.45, 2.75) is 27.7 Å². The minimum absolute atomic E-state index is 0.0290. The van der Waals surface area contributed by atoms with E-state index in [0.717, 1.165) is 0 Å². The highest BCUT2D eigenvalue weighted by Gasteiger charge is 2.25. The first kappa shape index (κ1) is 15.9. The number of oxime groups is 1. The molecule has 2 rings (SSSR count). The molecule has 22 heavy (non-hydrogen) atoms. The second kappa shape index (κ2) is 6.56. The summed E-state index contributed by atoms with van der Waals surface area (Å²) in [5, 5.41) is 3.84. The van der Waals surface area contributed by atoms with Gasteiger partial charge in [0.25, 0.3) is 0 Å². The van der Waals surface area contributed by atoms with E-state index in [1.165, 1.54) is 12.3 Å². The van der Waals surface area contributed by atoms with E-state index in [9.17, 15) is 9.59 Å². The van der Waals surface area contributed by atoms with Gasteiger partial charge in [-0.1, -0.05) is 32.9 Å². The van der Waals surface area contributed by atoms with Crippen LogP contribution in [0.25, 0.3) is 0 Å². The van der Waals surface area contributed by atoms with Crippen LogP contribution < -0.4 is 0 Å². The number of nitrogens with zero attached hydrogens (tertiary/aromatic N) is 1. The van der Waals surface area contributed by atoms with Gasteiger partial charge in [0, 0.05) is 11.1 Å². The lowest BCUT2D eigenvalue weighted by Crippen LogP contribution is -2.21. The summed E-state index contributed by atoms with van der Waals surface area (Å²) in [6.45, 7) is 7.78. The smallest absolute Gasteiger partial charge is 0.400 e. The molecule has 0 saturated heterocycles. The Bertz CT molecular complexity index is 631. The van der Waals surface area contributed by atoms with Crippen molar-refractivity contribution in [3.05, 3.63) is 47.5 Å². The third-order valence-corrected chi connectivity index (χ3v) is 3.33. The molecular weight excluding hydrogens is 282 g/mol. The summed E-state index contributed by atoms with van der Waals surface area (Å²) in [7, 11) is 0. The topological polar surface area (TPSA) is 68.9 Å². The van der Waals surface area contributed by atoms with E-state index >= 15 is 0 Å². The van der Waals surface area contributed by atoms with Crippen LogP contribution in [0.3, 0.4) is 0 Å². The average Bonchev–Trinajstić information content (AvgIpc) is 2.99. The number of carbonyl (C=O) groups is 2. The molecule has 0 amide bonds. The number of ketones is 1. The summed E-state index contributed by atoms with van der Waals surface area (Å²) in [4.78, 5) is 28.9. The number of allylic oxidation sites excluding steroid dienone is 4. The first-order valence-electron chi connectivity index (χ1n) is 7.21. The monoisotopic (exact) mass is 301 g/mol. The molecule has 0 N–H and O–H groups in total. The maximum absolute atomic E-state index is 12.4. The van der Waals surface area contributed by atoms with Crippen LogP contribution in [0.15, 0.2) is 51.3 Å². The van der Waals surface area contributed by atoms with Crippen molar-refractivity contribution in [3.63, 3.8) is 0 Å². The van der Waals surface area contributed by atoms with Gasteiger partial charge >= 0.3 is 5.97 Å². The molecule has 1 aromatic heterocycles. The Morgan fingerprint density at radius 3 is 2.18 bits per heavy atom. The van der Waals surface area contributed by atoms with Gasteiger partial charge in [-0.25, -0.2) is 4.79 Å².